The van der Waals surface area contributed by atoms with Crippen molar-refractivity contribution in [2.75, 3.05) is 20.8 Å². The maximum absolute atomic E-state index is 13.2. The maximum atomic E-state index is 13.2. The molecule has 0 aliphatic carbocycles. The quantitative estimate of drug-likeness (QED) is 0.0627. The smallest absolute Gasteiger partial charge is 0.386 e. The van der Waals surface area contributed by atoms with Crippen molar-refractivity contribution in [1.82, 2.24) is 9.55 Å². The number of aromatic nitrogens is 2. The lowest BCUT2D eigenvalue weighted by Gasteiger charge is -2.37. The molecule has 1 aromatic heterocycles. The Kier molecular flexibility index (Phi) is 12.9. The van der Waals surface area contributed by atoms with Crippen LogP contribution in [0.1, 0.15) is 34.9 Å². The Morgan fingerprint density at radius 1 is 0.873 bits per heavy atom. The Hall–Kier alpha value is -3.97. The van der Waals surface area contributed by atoms with Crippen molar-refractivity contribution in [3.8, 4) is 17.2 Å². The molecule has 1 aliphatic rings. The van der Waals surface area contributed by atoms with E-state index < -0.39 is 52.2 Å². The summed E-state index contributed by atoms with van der Waals surface area (Å²) in [4.78, 5) is 27.9. The fourth-order valence-corrected chi connectivity index (χ4v) is 9.66. The number of aromatic amines is 1. The number of halogens is 2. The molecule has 0 bridgehead atoms. The Morgan fingerprint density at radius 2 is 1.47 bits per heavy atom. The Labute approximate surface area is 332 Å². The van der Waals surface area contributed by atoms with Gasteiger partial charge >= 0.3 is 14.3 Å². The molecule has 1 saturated heterocycles. The standard InChI is InChI=1S/C40H43Cl2N2O9PSi/c1-26-24-44(39(46)43-38(26)45)37-23-35(52-54(53-55(4,5)6)51-34-21-16-30(41)22-33(34)42)36(50-37)25-49-40(27-10-8-7-9-11-27,28-12-17-31(47-2)18-13-28)29-14-19-32(48-3)20-15-29/h7-22,24,35-37H,23,25H2,1-6H3,(H,43,45,46)/t35-,36+,37+,54?/m0/s1. The van der Waals surface area contributed by atoms with Crippen molar-refractivity contribution in [2.24, 2.45) is 0 Å². The number of rotatable bonds is 15. The van der Waals surface area contributed by atoms with Crippen LogP contribution in [0.2, 0.25) is 29.7 Å². The van der Waals surface area contributed by atoms with E-state index in [1.54, 1.807) is 39.3 Å². The molecule has 290 valence electrons. The van der Waals surface area contributed by atoms with Gasteiger partial charge in [0.1, 0.15) is 41.3 Å². The molecule has 1 unspecified atom stereocenters. The van der Waals surface area contributed by atoms with E-state index >= 15 is 0 Å². The number of H-pyrrole nitrogens is 1. The highest BCUT2D eigenvalue weighted by Crippen LogP contribution is 2.50. The fourth-order valence-electron chi connectivity index (χ4n) is 6.24. The predicted molar refractivity (Wildman–Crippen MR) is 216 cm³/mol. The van der Waals surface area contributed by atoms with Crippen molar-refractivity contribution in [3.63, 3.8) is 0 Å². The second-order valence-electron chi connectivity index (χ2n) is 13.9. The van der Waals surface area contributed by atoms with Gasteiger partial charge in [-0.05, 0) is 85.7 Å². The van der Waals surface area contributed by atoms with Gasteiger partial charge in [0.25, 0.3) is 5.56 Å². The summed E-state index contributed by atoms with van der Waals surface area (Å²) < 4.78 is 45.7. The number of hydrogen-bond donors (Lipinski definition) is 1. The summed E-state index contributed by atoms with van der Waals surface area (Å²) in [5.74, 6) is 1.72. The van der Waals surface area contributed by atoms with Gasteiger partial charge in [-0.15, -0.1) is 0 Å². The van der Waals surface area contributed by atoms with Gasteiger partial charge < -0.3 is 27.7 Å². The Morgan fingerprint density at radius 3 is 2.04 bits per heavy atom. The monoisotopic (exact) mass is 824 g/mol. The number of nitrogens with zero attached hydrogens (tertiary/aromatic N) is 1. The van der Waals surface area contributed by atoms with E-state index in [1.165, 1.54) is 10.8 Å². The topological polar surface area (TPSA) is 119 Å². The molecular weight excluding hydrogens is 782 g/mol. The van der Waals surface area contributed by atoms with Crippen molar-refractivity contribution >= 4 is 40.1 Å². The third-order valence-corrected chi connectivity index (χ3v) is 13.0. The van der Waals surface area contributed by atoms with Gasteiger partial charge in [-0.25, -0.2) is 4.79 Å². The molecule has 5 aromatic rings. The third kappa shape index (κ3) is 9.53. The van der Waals surface area contributed by atoms with Gasteiger partial charge in [0.05, 0.1) is 25.8 Å². The minimum atomic E-state index is -2.27. The minimum Gasteiger partial charge on any atom is -0.497 e. The van der Waals surface area contributed by atoms with E-state index in [0.29, 0.717) is 32.9 Å². The normalized spacial score (nSPS) is 17.9. The lowest BCUT2D eigenvalue weighted by Crippen LogP contribution is -2.38. The van der Waals surface area contributed by atoms with Gasteiger partial charge in [0.2, 0.25) is 0 Å². The number of aryl methyl sites for hydroxylation is 1. The summed E-state index contributed by atoms with van der Waals surface area (Å²) in [6, 6.07) is 30.2. The van der Waals surface area contributed by atoms with Crippen LogP contribution in [-0.2, 0) is 23.8 Å². The number of ether oxygens (including phenoxy) is 4. The highest BCUT2D eigenvalue weighted by Gasteiger charge is 2.45. The van der Waals surface area contributed by atoms with Crippen LogP contribution in [0.15, 0.2) is 113 Å². The van der Waals surface area contributed by atoms with Gasteiger partial charge in [-0.2, -0.15) is 0 Å². The molecule has 0 amide bonds. The molecule has 15 heteroatoms. The average molecular weight is 826 g/mol. The molecular formula is C40H43Cl2N2O9PSi. The summed E-state index contributed by atoms with van der Waals surface area (Å²) in [6.07, 6.45) is -0.603. The molecule has 1 fully saturated rings. The van der Waals surface area contributed by atoms with Crippen LogP contribution >= 0.6 is 31.8 Å². The maximum Gasteiger partial charge on any atom is 0.386 e. The van der Waals surface area contributed by atoms with Crippen molar-refractivity contribution in [2.45, 2.75) is 57.0 Å². The number of hydrogen-bond acceptors (Lipinski definition) is 9. The zero-order valence-electron chi connectivity index (χ0n) is 31.3. The first kappa shape index (κ1) is 40.7. The first-order chi connectivity index (χ1) is 26.3. The van der Waals surface area contributed by atoms with E-state index in [2.05, 4.69) is 4.98 Å². The molecule has 0 saturated carbocycles. The van der Waals surface area contributed by atoms with Crippen molar-refractivity contribution in [3.05, 3.63) is 156 Å². The summed E-state index contributed by atoms with van der Waals surface area (Å²) in [6.45, 7) is 7.68. The van der Waals surface area contributed by atoms with E-state index in [0.717, 1.165) is 16.7 Å². The molecule has 0 radical (unpaired) electrons. The lowest BCUT2D eigenvalue weighted by molar-refractivity contribution is -0.0921. The van der Waals surface area contributed by atoms with Gasteiger partial charge in [-0.3, -0.25) is 18.9 Å². The van der Waals surface area contributed by atoms with E-state index in [9.17, 15) is 9.59 Å². The molecule has 6 rings (SSSR count). The molecule has 0 spiro atoms. The third-order valence-electron chi connectivity index (χ3n) is 8.91. The van der Waals surface area contributed by atoms with Crippen LogP contribution in [-0.4, -0.2) is 50.9 Å². The Balaban J connectivity index is 1.43. The largest absolute Gasteiger partial charge is 0.497 e. The number of methoxy groups -OCH3 is 2. The molecule has 1 aliphatic heterocycles. The minimum absolute atomic E-state index is 0.0109. The van der Waals surface area contributed by atoms with Crippen LogP contribution in [0.5, 0.6) is 17.2 Å². The van der Waals surface area contributed by atoms with Crippen LogP contribution in [0.4, 0.5) is 0 Å². The molecule has 1 N–H and O–H groups in total. The summed E-state index contributed by atoms with van der Waals surface area (Å²) in [5.41, 5.74) is 0.620. The van der Waals surface area contributed by atoms with Gasteiger partial charge in [0.15, 0.2) is 8.32 Å². The second kappa shape index (κ2) is 17.4. The SMILES string of the molecule is COc1ccc(C(OC[C@H]2O[C@@H](n3cc(C)c(=O)[nH]c3=O)C[C@@H]2OP(Oc2ccc(Cl)cc2Cl)O[Si](C)(C)C)(c2ccccc2)c2ccc(OC)cc2)cc1. The van der Waals surface area contributed by atoms with Crippen LogP contribution in [0, 0.1) is 6.92 Å². The molecule has 4 aromatic carbocycles. The summed E-state index contributed by atoms with van der Waals surface area (Å²) in [5, 5.41) is 0.750. The number of benzene rings is 4. The van der Waals surface area contributed by atoms with E-state index in [-0.39, 0.29) is 13.0 Å². The molecule has 2 heterocycles. The average Bonchev–Trinajstić information content (AvgIpc) is 3.56. The second-order valence-corrected chi connectivity index (χ2v) is 20.5. The van der Waals surface area contributed by atoms with Crippen molar-refractivity contribution < 1.29 is 32.2 Å². The highest BCUT2D eigenvalue weighted by molar-refractivity contribution is 7.44. The van der Waals surface area contributed by atoms with Crippen LogP contribution in [0.3, 0.4) is 0 Å². The fraction of sp³-hybridized carbons (Fsp3) is 0.300. The summed E-state index contributed by atoms with van der Waals surface area (Å²) in [7, 11) is -1.09. The summed E-state index contributed by atoms with van der Waals surface area (Å²) >= 11 is 12.7. The zero-order valence-corrected chi connectivity index (χ0v) is 34.7. The van der Waals surface area contributed by atoms with Crippen LogP contribution < -0.4 is 25.2 Å². The van der Waals surface area contributed by atoms with Gasteiger partial charge in [0, 0.05) is 23.2 Å². The predicted octanol–water partition coefficient (Wildman–Crippen LogP) is 9.01. The van der Waals surface area contributed by atoms with E-state index in [4.69, 9.17) is 55.4 Å². The highest BCUT2D eigenvalue weighted by atomic mass is 35.5. The first-order valence-electron chi connectivity index (χ1n) is 17.5. The number of nitrogens with one attached hydrogen (secondary N) is 1. The van der Waals surface area contributed by atoms with E-state index in [1.807, 2.05) is 98.5 Å². The molecule has 55 heavy (non-hydrogen) atoms. The van der Waals surface area contributed by atoms with Crippen LogP contribution in [0.25, 0.3) is 0 Å². The van der Waals surface area contributed by atoms with Gasteiger partial charge in [-0.1, -0.05) is 77.8 Å². The first-order valence-corrected chi connectivity index (χ1v) is 22.8. The molecule has 11 nitrogen and oxygen atoms in total. The van der Waals surface area contributed by atoms with Crippen molar-refractivity contribution in [1.29, 1.82) is 0 Å². The lowest BCUT2D eigenvalue weighted by atomic mass is 9.80. The Bertz CT molecular complexity index is 2130. The molecule has 4 atom stereocenters. The zero-order chi connectivity index (χ0) is 39.3.